The van der Waals surface area contributed by atoms with Gasteiger partial charge >= 0.3 is 12.0 Å². The fourth-order valence-electron chi connectivity index (χ4n) is 3.10. The van der Waals surface area contributed by atoms with Gasteiger partial charge in [0.25, 0.3) is 0 Å². The molecule has 1 atom stereocenters. The summed E-state index contributed by atoms with van der Waals surface area (Å²) in [6, 6.07) is 2.09. The molecule has 1 amide bonds. The Kier molecular flexibility index (Phi) is 5.66. The van der Waals surface area contributed by atoms with Crippen molar-refractivity contribution in [2.75, 3.05) is 18.1 Å². The number of ether oxygens (including phenoxy) is 2. The summed E-state index contributed by atoms with van der Waals surface area (Å²) in [5, 5.41) is 0.0281. The predicted octanol–water partition coefficient (Wildman–Crippen LogP) is 3.93. The number of terminal acetylenes is 1. The lowest BCUT2D eigenvalue weighted by Crippen LogP contribution is -2.51. The molecule has 30 heavy (non-hydrogen) atoms. The van der Waals surface area contributed by atoms with E-state index in [2.05, 4.69) is 19.9 Å². The van der Waals surface area contributed by atoms with Crippen molar-refractivity contribution in [2.45, 2.75) is 20.0 Å². The third-order valence-electron chi connectivity index (χ3n) is 4.46. The minimum atomic E-state index is -4.17. The molecule has 0 saturated heterocycles. The van der Waals surface area contributed by atoms with E-state index < -0.39 is 53.1 Å². The number of hydrogen-bond acceptors (Lipinski definition) is 3. The molecular weight excluding hydrogens is 428 g/mol. The molecule has 2 aromatic rings. The second-order valence-electron chi connectivity index (χ2n) is 6.33. The molecule has 4 nitrogen and oxygen atoms in total. The van der Waals surface area contributed by atoms with Crippen LogP contribution in [-0.4, -0.2) is 25.2 Å². The van der Waals surface area contributed by atoms with Crippen LogP contribution in [0, 0.1) is 36.7 Å². The SMILES string of the molecule is C#CCN1C(=O)C(F)(F)Oc2cc(P)c(-c3c(F)c(C)c(OCC)c(F)c3F)cc21. The highest BCUT2D eigenvalue weighted by atomic mass is 31.0. The number of anilines is 1. The lowest BCUT2D eigenvalue weighted by atomic mass is 9.98. The van der Waals surface area contributed by atoms with Crippen LogP contribution in [-0.2, 0) is 4.79 Å². The third-order valence-corrected chi connectivity index (χ3v) is 4.94. The number of amides is 1. The quantitative estimate of drug-likeness (QED) is 0.311. The number of halogens is 5. The Bertz CT molecular complexity index is 1070. The van der Waals surface area contributed by atoms with Crippen molar-refractivity contribution in [3.63, 3.8) is 0 Å². The number of rotatable bonds is 4. The molecule has 0 radical (unpaired) electrons. The van der Waals surface area contributed by atoms with Gasteiger partial charge in [0.15, 0.2) is 17.3 Å². The second kappa shape index (κ2) is 7.77. The van der Waals surface area contributed by atoms with Crippen LogP contribution in [0.2, 0.25) is 0 Å². The average Bonchev–Trinajstić information content (AvgIpc) is 2.68. The summed E-state index contributed by atoms with van der Waals surface area (Å²) in [7, 11) is 2.11. The fraction of sp³-hybridized carbons (Fsp3) is 0.250. The van der Waals surface area contributed by atoms with Crippen LogP contribution in [0.5, 0.6) is 11.5 Å². The Labute approximate surface area is 171 Å². The van der Waals surface area contributed by atoms with Gasteiger partial charge in [0.2, 0.25) is 5.82 Å². The van der Waals surface area contributed by atoms with Gasteiger partial charge in [0, 0.05) is 5.56 Å². The Balaban J connectivity index is 2.29. The first kappa shape index (κ1) is 21.8. The van der Waals surface area contributed by atoms with E-state index in [-0.39, 0.29) is 28.7 Å². The number of nitrogens with zero attached hydrogens (tertiary/aromatic N) is 1. The molecule has 10 heteroatoms. The van der Waals surface area contributed by atoms with Crippen LogP contribution >= 0.6 is 9.24 Å². The van der Waals surface area contributed by atoms with Gasteiger partial charge in [-0.3, -0.25) is 9.69 Å². The lowest BCUT2D eigenvalue weighted by Gasteiger charge is -2.33. The summed E-state index contributed by atoms with van der Waals surface area (Å²) < 4.78 is 81.5. The number of carbonyl (C=O) groups is 1. The van der Waals surface area contributed by atoms with Crippen LogP contribution < -0.4 is 19.7 Å². The van der Waals surface area contributed by atoms with Crippen LogP contribution in [0.4, 0.5) is 27.6 Å². The van der Waals surface area contributed by atoms with Gasteiger partial charge in [-0.25, -0.2) is 8.78 Å². The number of hydrogen-bond donors (Lipinski definition) is 0. The Morgan fingerprint density at radius 2 is 1.90 bits per heavy atom. The molecule has 0 saturated carbocycles. The van der Waals surface area contributed by atoms with Gasteiger partial charge < -0.3 is 9.47 Å². The van der Waals surface area contributed by atoms with E-state index in [4.69, 9.17) is 11.2 Å². The van der Waals surface area contributed by atoms with Crippen LogP contribution in [0.3, 0.4) is 0 Å². The van der Waals surface area contributed by atoms with Gasteiger partial charge in [-0.1, -0.05) is 5.92 Å². The first-order valence-electron chi connectivity index (χ1n) is 8.61. The molecule has 158 valence electrons. The second-order valence-corrected chi connectivity index (χ2v) is 6.95. The number of carbonyl (C=O) groups excluding carboxylic acids is 1. The van der Waals surface area contributed by atoms with E-state index in [1.807, 2.05) is 0 Å². The zero-order valence-electron chi connectivity index (χ0n) is 15.8. The van der Waals surface area contributed by atoms with E-state index in [1.165, 1.54) is 13.8 Å². The zero-order chi connectivity index (χ0) is 22.4. The number of alkyl halides is 2. The summed E-state index contributed by atoms with van der Waals surface area (Å²) in [5.41, 5.74) is -1.43. The van der Waals surface area contributed by atoms with Crippen molar-refractivity contribution in [2.24, 2.45) is 0 Å². The minimum absolute atomic E-state index is 0.0155. The van der Waals surface area contributed by atoms with E-state index in [0.717, 1.165) is 12.1 Å². The number of fused-ring (bicyclic) bond motifs is 1. The molecule has 3 rings (SSSR count). The maximum atomic E-state index is 15.0. The van der Waals surface area contributed by atoms with Crippen molar-refractivity contribution < 1.29 is 36.2 Å². The molecule has 0 fully saturated rings. The van der Waals surface area contributed by atoms with Gasteiger partial charge in [0.05, 0.1) is 24.4 Å². The predicted molar refractivity (Wildman–Crippen MR) is 104 cm³/mol. The van der Waals surface area contributed by atoms with Crippen LogP contribution in [0.25, 0.3) is 11.1 Å². The maximum Gasteiger partial charge on any atom is 0.483 e. The van der Waals surface area contributed by atoms with Crippen molar-refractivity contribution in [1.82, 2.24) is 0 Å². The van der Waals surface area contributed by atoms with E-state index in [1.54, 1.807) is 0 Å². The molecule has 0 aliphatic carbocycles. The van der Waals surface area contributed by atoms with Crippen molar-refractivity contribution in [1.29, 1.82) is 0 Å². The Hall–Kier alpha value is -2.85. The molecule has 1 unspecified atom stereocenters. The fourth-order valence-corrected chi connectivity index (χ4v) is 3.48. The summed E-state index contributed by atoms with van der Waals surface area (Å²) in [5.74, 6) is -4.67. The summed E-state index contributed by atoms with van der Waals surface area (Å²) >= 11 is 0. The molecule has 1 heterocycles. The van der Waals surface area contributed by atoms with Crippen LogP contribution in [0.1, 0.15) is 12.5 Å². The summed E-state index contributed by atoms with van der Waals surface area (Å²) in [4.78, 5) is 12.6. The topological polar surface area (TPSA) is 38.8 Å². The normalized spacial score (nSPS) is 14.8. The van der Waals surface area contributed by atoms with Gasteiger partial charge in [-0.2, -0.15) is 13.2 Å². The average molecular weight is 443 g/mol. The first-order chi connectivity index (χ1) is 14.0. The van der Waals surface area contributed by atoms with Gasteiger partial charge in [-0.05, 0) is 36.8 Å². The van der Waals surface area contributed by atoms with E-state index in [0.29, 0.717) is 4.90 Å². The van der Waals surface area contributed by atoms with Crippen LogP contribution in [0.15, 0.2) is 12.1 Å². The molecular formula is C20H15F5NO3P. The monoisotopic (exact) mass is 443 g/mol. The van der Waals surface area contributed by atoms with Gasteiger partial charge in [-0.15, -0.1) is 15.7 Å². The van der Waals surface area contributed by atoms with Crippen molar-refractivity contribution in [3.8, 4) is 35.0 Å². The largest absolute Gasteiger partial charge is 0.490 e. The maximum absolute atomic E-state index is 15.0. The number of benzene rings is 2. The molecule has 0 spiro atoms. The summed E-state index contributed by atoms with van der Waals surface area (Å²) in [6.45, 7) is 2.19. The standard InChI is InChI=1S/C20H15F5NO3P/c1-4-6-26-11-7-10(13(30)8-12(11)29-20(24,25)19(26)27)14-15(21)9(3)18(28-5-2)17(23)16(14)22/h1,7-8H,5-6,30H2,2-3H3. The molecule has 0 aromatic heterocycles. The molecule has 0 N–H and O–H groups in total. The van der Waals surface area contributed by atoms with E-state index >= 15 is 4.39 Å². The Morgan fingerprint density at radius 1 is 1.23 bits per heavy atom. The highest BCUT2D eigenvalue weighted by molar-refractivity contribution is 7.28. The minimum Gasteiger partial charge on any atom is -0.490 e. The van der Waals surface area contributed by atoms with E-state index in [9.17, 15) is 22.4 Å². The zero-order valence-corrected chi connectivity index (χ0v) is 16.9. The Morgan fingerprint density at radius 3 is 2.50 bits per heavy atom. The van der Waals surface area contributed by atoms with Crippen molar-refractivity contribution >= 4 is 26.1 Å². The molecule has 1 aliphatic heterocycles. The highest BCUT2D eigenvalue weighted by Gasteiger charge is 2.50. The van der Waals surface area contributed by atoms with Gasteiger partial charge in [0.1, 0.15) is 5.82 Å². The highest BCUT2D eigenvalue weighted by Crippen LogP contribution is 2.43. The molecule has 2 aromatic carbocycles. The lowest BCUT2D eigenvalue weighted by molar-refractivity contribution is -0.192. The first-order valence-corrected chi connectivity index (χ1v) is 9.18. The smallest absolute Gasteiger partial charge is 0.483 e. The third kappa shape index (κ3) is 3.35. The summed E-state index contributed by atoms with van der Waals surface area (Å²) in [6.07, 6.45) is 0.996. The molecule has 0 bridgehead atoms. The van der Waals surface area contributed by atoms with Crippen molar-refractivity contribution in [3.05, 3.63) is 35.1 Å². The molecule has 1 aliphatic rings.